The molecular weight excluding hydrogens is 343 g/mol. The Labute approximate surface area is 122 Å². The van der Waals surface area contributed by atoms with Gasteiger partial charge in [-0.25, -0.2) is 0 Å². The van der Waals surface area contributed by atoms with Crippen molar-refractivity contribution in [3.63, 3.8) is 0 Å². The van der Waals surface area contributed by atoms with Gasteiger partial charge in [-0.1, -0.05) is 0 Å². The molecule has 8 nitrogen and oxygen atoms in total. The van der Waals surface area contributed by atoms with Crippen molar-refractivity contribution < 1.29 is 26.6 Å². The number of aliphatic hydroxyl groups excluding tert-OH is 1. The summed E-state index contributed by atoms with van der Waals surface area (Å²) in [7, 11) is 0. The van der Waals surface area contributed by atoms with Crippen LogP contribution in [0.5, 0.6) is 0 Å². The van der Waals surface area contributed by atoms with E-state index >= 15 is 0 Å². The summed E-state index contributed by atoms with van der Waals surface area (Å²) in [5, 5.41) is 11.5. The number of hydrogen-bond donors (Lipinski definition) is 4. The fourth-order valence-corrected chi connectivity index (χ4v) is 2.93. The molecule has 0 saturated carbocycles. The number of amides is 2. The van der Waals surface area contributed by atoms with Crippen LogP contribution >= 0.6 is 0 Å². The van der Waals surface area contributed by atoms with Gasteiger partial charge < -0.3 is 0 Å². The van der Waals surface area contributed by atoms with Gasteiger partial charge in [-0.05, 0) is 0 Å². The molecule has 112 valence electrons. The summed E-state index contributed by atoms with van der Waals surface area (Å²) in [6, 6.07) is 5.33. The first-order valence-electron chi connectivity index (χ1n) is 5.94. The standard InChI is InChI=1S/C12H13AsN2O6/c16-6-5-15-11(17)7-10(12(15)18)14-9-3-1-8(2-4-9)13(19,20)21/h1-4,7,14,16H,5-6H2,(H2,19,20,21). The monoisotopic (exact) mass is 356 g/mol. The van der Waals surface area contributed by atoms with E-state index in [9.17, 15) is 13.3 Å². The summed E-state index contributed by atoms with van der Waals surface area (Å²) in [5.41, 5.74) is 0.462. The molecule has 2 rings (SSSR count). The maximum absolute atomic E-state index is 11.9. The van der Waals surface area contributed by atoms with Crippen molar-refractivity contribution in [2.24, 2.45) is 0 Å². The summed E-state index contributed by atoms with van der Waals surface area (Å²) in [6.45, 7) is -0.406. The topological polar surface area (TPSA) is 127 Å². The molecule has 0 aromatic heterocycles. The molecule has 21 heavy (non-hydrogen) atoms. The Bertz CT molecular complexity index is 648. The molecule has 0 radical (unpaired) electrons. The van der Waals surface area contributed by atoms with Crippen molar-refractivity contribution in [2.45, 2.75) is 0 Å². The second-order valence-corrected chi connectivity index (χ2v) is 7.66. The Morgan fingerprint density at radius 2 is 1.76 bits per heavy atom. The number of nitrogens with one attached hydrogen (secondary N) is 1. The minimum absolute atomic E-state index is 0.0442. The third-order valence-corrected chi connectivity index (χ3v) is 4.85. The van der Waals surface area contributed by atoms with Crippen LogP contribution in [-0.4, -0.2) is 57.3 Å². The van der Waals surface area contributed by atoms with E-state index in [1.165, 1.54) is 24.3 Å². The van der Waals surface area contributed by atoms with Crippen molar-refractivity contribution in [3.05, 3.63) is 36.0 Å². The molecule has 1 aromatic rings. The predicted octanol–water partition coefficient (Wildman–Crippen LogP) is -2.10. The molecule has 0 saturated heterocycles. The molecule has 1 aromatic carbocycles. The number of hydrogen-bond acceptors (Lipinski definition) is 5. The average Bonchev–Trinajstić information content (AvgIpc) is 2.66. The fourth-order valence-electron chi connectivity index (χ4n) is 1.80. The van der Waals surface area contributed by atoms with Crippen LogP contribution in [0.15, 0.2) is 36.0 Å². The SMILES string of the molecule is O=C1C=C(Nc2ccc([As](=O)(O)O)cc2)C(=O)N1CCO. The van der Waals surface area contributed by atoms with Gasteiger partial charge in [0.05, 0.1) is 0 Å². The number of aliphatic hydroxyl groups is 1. The van der Waals surface area contributed by atoms with Crippen LogP contribution in [0.1, 0.15) is 0 Å². The Kier molecular flexibility index (Phi) is 4.34. The van der Waals surface area contributed by atoms with E-state index < -0.39 is 26.0 Å². The van der Waals surface area contributed by atoms with Gasteiger partial charge in [-0.15, -0.1) is 0 Å². The van der Waals surface area contributed by atoms with Gasteiger partial charge in [0.1, 0.15) is 0 Å². The zero-order valence-electron chi connectivity index (χ0n) is 10.8. The van der Waals surface area contributed by atoms with Gasteiger partial charge in [0.25, 0.3) is 0 Å². The molecule has 2 amide bonds. The first-order valence-corrected chi connectivity index (χ1v) is 9.33. The van der Waals surface area contributed by atoms with Crippen LogP contribution in [0.25, 0.3) is 0 Å². The van der Waals surface area contributed by atoms with E-state index in [4.69, 9.17) is 13.3 Å². The summed E-state index contributed by atoms with van der Waals surface area (Å²) in [4.78, 5) is 24.3. The van der Waals surface area contributed by atoms with Crippen molar-refractivity contribution in [3.8, 4) is 0 Å². The molecule has 1 aliphatic heterocycles. The minimum atomic E-state index is -4.93. The fraction of sp³-hybridized carbons (Fsp3) is 0.167. The van der Waals surface area contributed by atoms with Crippen LogP contribution in [0.4, 0.5) is 5.69 Å². The summed E-state index contributed by atoms with van der Waals surface area (Å²) in [6.07, 6.45) is 1.11. The van der Waals surface area contributed by atoms with Gasteiger partial charge in [0.2, 0.25) is 0 Å². The number of anilines is 1. The van der Waals surface area contributed by atoms with E-state index in [2.05, 4.69) is 5.32 Å². The van der Waals surface area contributed by atoms with E-state index in [0.717, 1.165) is 11.0 Å². The number of imide groups is 1. The molecular formula is C12H13AsN2O6. The van der Waals surface area contributed by atoms with Crippen LogP contribution in [-0.2, 0) is 13.3 Å². The van der Waals surface area contributed by atoms with E-state index in [1.54, 1.807) is 0 Å². The van der Waals surface area contributed by atoms with Crippen molar-refractivity contribution in [1.29, 1.82) is 0 Å². The summed E-state index contributed by atoms with van der Waals surface area (Å²) < 4.78 is 29.1. The van der Waals surface area contributed by atoms with Gasteiger partial charge in [0, 0.05) is 0 Å². The maximum atomic E-state index is 11.9. The molecule has 1 aliphatic rings. The Morgan fingerprint density at radius 1 is 1.14 bits per heavy atom. The molecule has 1 heterocycles. The van der Waals surface area contributed by atoms with Crippen molar-refractivity contribution in [1.82, 2.24) is 4.90 Å². The molecule has 4 N–H and O–H groups in total. The zero-order valence-corrected chi connectivity index (χ0v) is 12.6. The number of carbonyl (C=O) groups excluding carboxylic acids is 2. The molecule has 9 heteroatoms. The summed E-state index contributed by atoms with van der Waals surface area (Å²) in [5.74, 6) is -1.08. The van der Waals surface area contributed by atoms with Crippen LogP contribution < -0.4 is 9.67 Å². The number of nitrogens with zero attached hydrogens (tertiary/aromatic N) is 1. The second kappa shape index (κ2) is 5.87. The Morgan fingerprint density at radius 3 is 2.29 bits per heavy atom. The quantitative estimate of drug-likeness (QED) is 0.352. The third-order valence-electron chi connectivity index (χ3n) is 2.82. The molecule has 0 aliphatic carbocycles. The number of carbonyl (C=O) groups is 2. The molecule has 0 atom stereocenters. The van der Waals surface area contributed by atoms with E-state index in [0.29, 0.717) is 5.69 Å². The first-order chi connectivity index (χ1) is 9.82. The predicted molar refractivity (Wildman–Crippen MR) is 72.5 cm³/mol. The number of β-amino-alcohol motifs (C(OH)–C–C–N with tert-alkyl or cyclic N) is 1. The van der Waals surface area contributed by atoms with Gasteiger partial charge in [0.15, 0.2) is 0 Å². The van der Waals surface area contributed by atoms with Crippen LogP contribution in [0, 0.1) is 0 Å². The molecule has 0 fully saturated rings. The molecule has 0 bridgehead atoms. The van der Waals surface area contributed by atoms with Crippen LogP contribution in [0.3, 0.4) is 0 Å². The third kappa shape index (κ3) is 3.43. The van der Waals surface area contributed by atoms with E-state index in [-0.39, 0.29) is 23.2 Å². The Hall–Kier alpha value is -1.86. The van der Waals surface area contributed by atoms with Gasteiger partial charge >= 0.3 is 122 Å². The van der Waals surface area contributed by atoms with Gasteiger partial charge in [-0.2, -0.15) is 0 Å². The first kappa shape index (κ1) is 15.5. The number of rotatable bonds is 5. The zero-order chi connectivity index (χ0) is 15.6. The van der Waals surface area contributed by atoms with E-state index in [1.807, 2.05) is 0 Å². The molecule has 0 spiro atoms. The molecule has 0 unspecified atom stereocenters. The van der Waals surface area contributed by atoms with Crippen molar-refractivity contribution >= 4 is 36.0 Å². The van der Waals surface area contributed by atoms with Crippen LogP contribution in [0.2, 0.25) is 0 Å². The normalized spacial score (nSPS) is 15.4. The Balaban J connectivity index is 2.13. The van der Waals surface area contributed by atoms with Crippen molar-refractivity contribution in [2.75, 3.05) is 18.5 Å². The number of benzene rings is 1. The van der Waals surface area contributed by atoms with Gasteiger partial charge in [-0.3, -0.25) is 0 Å². The average molecular weight is 356 g/mol. The second-order valence-electron chi connectivity index (χ2n) is 4.29. The summed E-state index contributed by atoms with van der Waals surface area (Å²) >= 11 is -4.93.